The number of ether oxygens (including phenoxy) is 3. The molecule has 0 saturated carbocycles. The molecule has 1 atom stereocenters. The van der Waals surface area contributed by atoms with Gasteiger partial charge in [0.15, 0.2) is 11.5 Å². The van der Waals surface area contributed by atoms with E-state index in [9.17, 15) is 4.79 Å². The molecule has 23 heavy (non-hydrogen) atoms. The minimum absolute atomic E-state index is 0.0988. The molecular formula is C17H26N2O4. The molecule has 6 nitrogen and oxygen atoms in total. The Hall–Kier alpha value is -1.95. The van der Waals surface area contributed by atoms with E-state index in [2.05, 4.69) is 10.2 Å². The van der Waals surface area contributed by atoms with Crippen LogP contribution in [0.4, 0.5) is 4.79 Å². The second kappa shape index (κ2) is 8.62. The summed E-state index contributed by atoms with van der Waals surface area (Å²) in [5.41, 5.74) is 1.10. The molecule has 1 aliphatic rings. The Bertz CT molecular complexity index is 515. The van der Waals surface area contributed by atoms with Gasteiger partial charge in [0.1, 0.15) is 0 Å². The number of methoxy groups -OCH3 is 2. The molecule has 1 fully saturated rings. The van der Waals surface area contributed by atoms with E-state index in [0.29, 0.717) is 24.7 Å². The molecule has 0 spiro atoms. The van der Waals surface area contributed by atoms with Crippen molar-refractivity contribution in [2.75, 3.05) is 40.5 Å². The summed E-state index contributed by atoms with van der Waals surface area (Å²) in [6.45, 7) is 4.74. The lowest BCUT2D eigenvalue weighted by molar-refractivity contribution is 0.146. The van der Waals surface area contributed by atoms with E-state index in [1.54, 1.807) is 21.1 Å². The fraction of sp³-hybridized carbons (Fsp3) is 0.588. The number of hydrogen-bond acceptors (Lipinski definition) is 5. The first-order valence-electron chi connectivity index (χ1n) is 8.06. The fourth-order valence-electron chi connectivity index (χ4n) is 2.93. The number of carbonyl (C=O) groups is 1. The topological polar surface area (TPSA) is 60.0 Å². The van der Waals surface area contributed by atoms with E-state index in [1.165, 1.54) is 12.8 Å². The number of nitrogens with zero attached hydrogens (tertiary/aromatic N) is 1. The van der Waals surface area contributed by atoms with Crippen LogP contribution in [0.1, 0.15) is 31.4 Å². The number of likely N-dealkylation sites (tertiary alicyclic amines) is 1. The van der Waals surface area contributed by atoms with E-state index in [4.69, 9.17) is 14.2 Å². The Morgan fingerprint density at radius 1 is 1.22 bits per heavy atom. The van der Waals surface area contributed by atoms with Gasteiger partial charge in [-0.15, -0.1) is 0 Å². The number of benzene rings is 1. The lowest BCUT2D eigenvalue weighted by atomic mass is 10.0. The van der Waals surface area contributed by atoms with E-state index in [0.717, 1.165) is 18.7 Å². The van der Waals surface area contributed by atoms with Gasteiger partial charge < -0.3 is 19.5 Å². The Balaban J connectivity index is 2.17. The Labute approximate surface area is 137 Å². The van der Waals surface area contributed by atoms with Crippen molar-refractivity contribution in [3.8, 4) is 11.5 Å². The molecule has 1 N–H and O–H groups in total. The van der Waals surface area contributed by atoms with Crippen LogP contribution in [-0.4, -0.2) is 51.5 Å². The summed E-state index contributed by atoms with van der Waals surface area (Å²) in [5.74, 6) is 1.40. The SMILES string of the molecule is CCOC(=O)NCC(c1ccc(OC)c(OC)c1)N1CCCC1. The van der Waals surface area contributed by atoms with Crippen LogP contribution in [0, 0.1) is 0 Å². The van der Waals surface area contributed by atoms with Crippen molar-refractivity contribution < 1.29 is 19.0 Å². The highest BCUT2D eigenvalue weighted by Crippen LogP contribution is 2.33. The van der Waals surface area contributed by atoms with Crippen LogP contribution in [0.15, 0.2) is 18.2 Å². The molecule has 1 aliphatic heterocycles. The summed E-state index contributed by atoms with van der Waals surface area (Å²) in [4.78, 5) is 14.0. The number of amides is 1. The van der Waals surface area contributed by atoms with Crippen LogP contribution < -0.4 is 14.8 Å². The minimum atomic E-state index is -0.378. The summed E-state index contributed by atoms with van der Waals surface area (Å²) >= 11 is 0. The van der Waals surface area contributed by atoms with Gasteiger partial charge in [-0.25, -0.2) is 4.79 Å². The fourth-order valence-corrected chi connectivity index (χ4v) is 2.93. The van der Waals surface area contributed by atoms with Crippen molar-refractivity contribution in [2.45, 2.75) is 25.8 Å². The second-order valence-corrected chi connectivity index (χ2v) is 5.47. The first kappa shape index (κ1) is 17.4. The summed E-state index contributed by atoms with van der Waals surface area (Å²) in [6, 6.07) is 6.01. The predicted molar refractivity (Wildman–Crippen MR) is 88.1 cm³/mol. The summed E-state index contributed by atoms with van der Waals surface area (Å²) in [7, 11) is 3.25. The lowest BCUT2D eigenvalue weighted by Gasteiger charge is -2.28. The van der Waals surface area contributed by atoms with Gasteiger partial charge in [-0.2, -0.15) is 0 Å². The summed E-state index contributed by atoms with van der Waals surface area (Å²) < 4.78 is 15.7. The van der Waals surface area contributed by atoms with Gasteiger partial charge in [0.05, 0.1) is 26.9 Å². The number of alkyl carbamates (subject to hydrolysis) is 1. The lowest BCUT2D eigenvalue weighted by Crippen LogP contribution is -2.37. The van der Waals surface area contributed by atoms with Crippen LogP contribution in [0.2, 0.25) is 0 Å². The molecule has 1 aromatic carbocycles. The molecular weight excluding hydrogens is 296 g/mol. The highest BCUT2D eigenvalue weighted by molar-refractivity contribution is 5.67. The van der Waals surface area contributed by atoms with Crippen LogP contribution >= 0.6 is 0 Å². The Kier molecular flexibility index (Phi) is 6.52. The van der Waals surface area contributed by atoms with Gasteiger partial charge in [-0.1, -0.05) is 6.07 Å². The number of nitrogens with one attached hydrogen (secondary N) is 1. The van der Waals surface area contributed by atoms with E-state index >= 15 is 0 Å². The third-order valence-electron chi connectivity index (χ3n) is 4.09. The normalized spacial score (nSPS) is 16.0. The molecule has 0 aliphatic carbocycles. The highest BCUT2D eigenvalue weighted by atomic mass is 16.5. The minimum Gasteiger partial charge on any atom is -0.493 e. The third-order valence-corrected chi connectivity index (χ3v) is 4.09. The molecule has 1 amide bonds. The maximum Gasteiger partial charge on any atom is 0.407 e. The average molecular weight is 322 g/mol. The zero-order valence-corrected chi connectivity index (χ0v) is 14.1. The van der Waals surface area contributed by atoms with E-state index in [-0.39, 0.29) is 12.1 Å². The number of rotatable bonds is 7. The molecule has 1 unspecified atom stereocenters. The van der Waals surface area contributed by atoms with Crippen molar-refractivity contribution in [1.82, 2.24) is 10.2 Å². The molecule has 1 heterocycles. The monoisotopic (exact) mass is 322 g/mol. The molecule has 1 aromatic rings. The third kappa shape index (κ3) is 4.51. The maximum atomic E-state index is 11.6. The zero-order chi connectivity index (χ0) is 16.7. The number of hydrogen-bond donors (Lipinski definition) is 1. The molecule has 1 saturated heterocycles. The van der Waals surface area contributed by atoms with Crippen molar-refractivity contribution >= 4 is 6.09 Å². The van der Waals surface area contributed by atoms with Crippen molar-refractivity contribution in [2.24, 2.45) is 0 Å². The van der Waals surface area contributed by atoms with Crippen LogP contribution in [-0.2, 0) is 4.74 Å². The first-order valence-corrected chi connectivity index (χ1v) is 8.06. The van der Waals surface area contributed by atoms with Crippen molar-refractivity contribution in [3.63, 3.8) is 0 Å². The first-order chi connectivity index (χ1) is 11.2. The van der Waals surface area contributed by atoms with Crippen molar-refractivity contribution in [3.05, 3.63) is 23.8 Å². The summed E-state index contributed by atoms with van der Waals surface area (Å²) in [5, 5.41) is 2.85. The van der Waals surface area contributed by atoms with Gasteiger partial charge in [-0.05, 0) is 50.6 Å². The molecule has 6 heteroatoms. The van der Waals surface area contributed by atoms with Gasteiger partial charge in [0.2, 0.25) is 0 Å². The van der Waals surface area contributed by atoms with E-state index < -0.39 is 0 Å². The largest absolute Gasteiger partial charge is 0.493 e. The average Bonchev–Trinajstić information content (AvgIpc) is 3.09. The van der Waals surface area contributed by atoms with Gasteiger partial charge in [0.25, 0.3) is 0 Å². The van der Waals surface area contributed by atoms with Crippen LogP contribution in [0.3, 0.4) is 0 Å². The predicted octanol–water partition coefficient (Wildman–Crippen LogP) is 2.59. The molecule has 0 bridgehead atoms. The Morgan fingerprint density at radius 3 is 2.52 bits per heavy atom. The van der Waals surface area contributed by atoms with E-state index in [1.807, 2.05) is 18.2 Å². The van der Waals surface area contributed by atoms with Gasteiger partial charge >= 0.3 is 6.09 Å². The van der Waals surface area contributed by atoms with Gasteiger partial charge in [0, 0.05) is 6.54 Å². The number of carbonyl (C=O) groups excluding carboxylic acids is 1. The maximum absolute atomic E-state index is 11.6. The Morgan fingerprint density at radius 2 is 1.91 bits per heavy atom. The summed E-state index contributed by atoms with van der Waals surface area (Å²) in [6.07, 6.45) is 1.99. The standard InChI is InChI=1S/C17H26N2O4/c1-4-23-17(20)18-12-14(19-9-5-6-10-19)13-7-8-15(21-2)16(11-13)22-3/h7-8,11,14H,4-6,9-10,12H2,1-3H3,(H,18,20). The van der Waals surface area contributed by atoms with Crippen LogP contribution in [0.5, 0.6) is 11.5 Å². The zero-order valence-electron chi connectivity index (χ0n) is 14.1. The molecule has 0 aromatic heterocycles. The highest BCUT2D eigenvalue weighted by Gasteiger charge is 2.25. The van der Waals surface area contributed by atoms with Gasteiger partial charge in [-0.3, -0.25) is 4.90 Å². The van der Waals surface area contributed by atoms with Crippen LogP contribution in [0.25, 0.3) is 0 Å². The quantitative estimate of drug-likeness (QED) is 0.836. The molecule has 128 valence electrons. The second-order valence-electron chi connectivity index (χ2n) is 5.47. The smallest absolute Gasteiger partial charge is 0.407 e. The van der Waals surface area contributed by atoms with Crippen molar-refractivity contribution in [1.29, 1.82) is 0 Å². The molecule has 2 rings (SSSR count). The molecule has 0 radical (unpaired) electrons.